The molecule has 0 spiro atoms. The van der Waals surface area contributed by atoms with Gasteiger partial charge in [0, 0.05) is 11.1 Å². The van der Waals surface area contributed by atoms with Crippen molar-refractivity contribution < 1.29 is 13.9 Å². The Bertz CT molecular complexity index is 726. The zero-order valence-electron chi connectivity index (χ0n) is 12.0. The third kappa shape index (κ3) is 2.77. The van der Waals surface area contributed by atoms with Gasteiger partial charge in [-0.25, -0.2) is 0 Å². The van der Waals surface area contributed by atoms with Gasteiger partial charge in [-0.15, -0.1) is 0 Å². The van der Waals surface area contributed by atoms with Crippen molar-refractivity contribution in [3.63, 3.8) is 0 Å². The molecule has 0 radical (unpaired) electrons. The van der Waals surface area contributed by atoms with Crippen molar-refractivity contribution in [1.29, 1.82) is 0 Å². The normalized spacial score (nSPS) is 10.4. The van der Waals surface area contributed by atoms with Crippen LogP contribution in [0.25, 0.3) is 22.6 Å². The van der Waals surface area contributed by atoms with E-state index in [1.54, 1.807) is 14.2 Å². The van der Waals surface area contributed by atoms with Crippen LogP contribution < -0.4 is 9.47 Å². The molecule has 3 heteroatoms. The molecule has 0 aliphatic carbocycles. The summed E-state index contributed by atoms with van der Waals surface area (Å²) >= 11 is 0. The number of furan rings is 1. The minimum absolute atomic E-state index is 0.815. The third-order valence-corrected chi connectivity index (χ3v) is 3.33. The van der Waals surface area contributed by atoms with Crippen LogP contribution in [-0.2, 0) is 0 Å². The van der Waals surface area contributed by atoms with Crippen molar-refractivity contribution >= 4 is 0 Å². The van der Waals surface area contributed by atoms with Crippen LogP contribution >= 0.6 is 0 Å². The SMILES string of the molecule is COc1ccc(-c2ccc(-c3cccc(OC)c3)o2)cc1. The predicted octanol–water partition coefficient (Wildman–Crippen LogP) is 4.63. The number of hydrogen-bond donors (Lipinski definition) is 0. The van der Waals surface area contributed by atoms with Crippen molar-refractivity contribution in [2.45, 2.75) is 0 Å². The Balaban J connectivity index is 1.91. The molecule has 0 saturated heterocycles. The van der Waals surface area contributed by atoms with Crippen LogP contribution in [0.15, 0.2) is 65.1 Å². The Labute approximate surface area is 123 Å². The minimum atomic E-state index is 0.815. The van der Waals surface area contributed by atoms with Crippen LogP contribution in [0.2, 0.25) is 0 Å². The summed E-state index contributed by atoms with van der Waals surface area (Å²) in [5.41, 5.74) is 2.01. The highest BCUT2D eigenvalue weighted by Crippen LogP contribution is 2.30. The summed E-state index contributed by atoms with van der Waals surface area (Å²) < 4.78 is 16.3. The Hall–Kier alpha value is -2.68. The van der Waals surface area contributed by atoms with Gasteiger partial charge in [-0.1, -0.05) is 12.1 Å². The fourth-order valence-electron chi connectivity index (χ4n) is 2.18. The molecular weight excluding hydrogens is 264 g/mol. The monoisotopic (exact) mass is 280 g/mol. The first kappa shape index (κ1) is 13.3. The number of methoxy groups -OCH3 is 2. The molecule has 0 unspecified atom stereocenters. The smallest absolute Gasteiger partial charge is 0.134 e. The van der Waals surface area contributed by atoms with E-state index in [4.69, 9.17) is 13.9 Å². The number of hydrogen-bond acceptors (Lipinski definition) is 3. The molecule has 0 saturated carbocycles. The second-order valence-electron chi connectivity index (χ2n) is 4.62. The summed E-state index contributed by atoms with van der Waals surface area (Å²) in [5.74, 6) is 3.29. The summed E-state index contributed by atoms with van der Waals surface area (Å²) in [7, 11) is 3.31. The van der Waals surface area contributed by atoms with Gasteiger partial charge in [0.1, 0.15) is 23.0 Å². The molecule has 3 aromatic rings. The highest BCUT2D eigenvalue weighted by molar-refractivity contribution is 5.66. The van der Waals surface area contributed by atoms with Gasteiger partial charge in [-0.2, -0.15) is 0 Å². The molecule has 1 heterocycles. The van der Waals surface area contributed by atoms with Crippen LogP contribution in [0.1, 0.15) is 0 Å². The largest absolute Gasteiger partial charge is 0.497 e. The number of ether oxygens (including phenoxy) is 2. The summed E-state index contributed by atoms with van der Waals surface area (Å²) in [4.78, 5) is 0. The Morgan fingerprint density at radius 1 is 0.667 bits per heavy atom. The summed E-state index contributed by atoms with van der Waals surface area (Å²) in [6, 6.07) is 19.5. The van der Waals surface area contributed by atoms with E-state index in [1.165, 1.54) is 0 Å². The van der Waals surface area contributed by atoms with Crippen molar-refractivity contribution in [1.82, 2.24) is 0 Å². The van der Waals surface area contributed by atoms with Gasteiger partial charge >= 0.3 is 0 Å². The second-order valence-corrected chi connectivity index (χ2v) is 4.62. The van der Waals surface area contributed by atoms with E-state index in [2.05, 4.69) is 0 Å². The van der Waals surface area contributed by atoms with Crippen LogP contribution in [0.5, 0.6) is 11.5 Å². The van der Waals surface area contributed by atoms with E-state index in [0.717, 1.165) is 34.1 Å². The minimum Gasteiger partial charge on any atom is -0.497 e. The van der Waals surface area contributed by atoms with Gasteiger partial charge in [0.25, 0.3) is 0 Å². The Kier molecular flexibility index (Phi) is 3.65. The zero-order valence-corrected chi connectivity index (χ0v) is 12.0. The molecule has 106 valence electrons. The molecule has 0 amide bonds. The molecule has 21 heavy (non-hydrogen) atoms. The fourth-order valence-corrected chi connectivity index (χ4v) is 2.18. The maximum atomic E-state index is 5.93. The first-order chi connectivity index (χ1) is 10.3. The zero-order chi connectivity index (χ0) is 14.7. The average Bonchev–Trinajstić information content (AvgIpc) is 3.05. The lowest BCUT2D eigenvalue weighted by atomic mass is 10.1. The molecule has 0 atom stereocenters. The lowest BCUT2D eigenvalue weighted by Gasteiger charge is -2.02. The fraction of sp³-hybridized carbons (Fsp3) is 0.111. The molecule has 3 nitrogen and oxygen atoms in total. The van der Waals surface area contributed by atoms with E-state index in [-0.39, 0.29) is 0 Å². The van der Waals surface area contributed by atoms with Crippen LogP contribution in [-0.4, -0.2) is 14.2 Å². The Morgan fingerprint density at radius 2 is 1.33 bits per heavy atom. The third-order valence-electron chi connectivity index (χ3n) is 3.33. The first-order valence-electron chi connectivity index (χ1n) is 6.69. The maximum Gasteiger partial charge on any atom is 0.134 e. The van der Waals surface area contributed by atoms with Crippen molar-refractivity contribution in [2.75, 3.05) is 14.2 Å². The first-order valence-corrected chi connectivity index (χ1v) is 6.69. The molecule has 1 aromatic heterocycles. The van der Waals surface area contributed by atoms with E-state index >= 15 is 0 Å². The molecule has 0 fully saturated rings. The number of benzene rings is 2. The van der Waals surface area contributed by atoms with Gasteiger partial charge in [0.2, 0.25) is 0 Å². The lowest BCUT2D eigenvalue weighted by Crippen LogP contribution is -1.82. The Morgan fingerprint density at radius 3 is 2.00 bits per heavy atom. The molecule has 3 rings (SSSR count). The quantitative estimate of drug-likeness (QED) is 0.698. The number of rotatable bonds is 4. The van der Waals surface area contributed by atoms with Gasteiger partial charge < -0.3 is 13.9 Å². The standard InChI is InChI=1S/C18H16O3/c1-19-15-8-6-13(7-9-15)17-10-11-18(21-17)14-4-3-5-16(12-14)20-2/h3-12H,1-2H3. The van der Waals surface area contributed by atoms with Crippen LogP contribution in [0.4, 0.5) is 0 Å². The van der Waals surface area contributed by atoms with E-state index in [1.807, 2.05) is 60.7 Å². The molecule has 2 aromatic carbocycles. The van der Waals surface area contributed by atoms with E-state index < -0.39 is 0 Å². The van der Waals surface area contributed by atoms with Crippen LogP contribution in [0, 0.1) is 0 Å². The van der Waals surface area contributed by atoms with Gasteiger partial charge in [-0.3, -0.25) is 0 Å². The van der Waals surface area contributed by atoms with E-state index in [9.17, 15) is 0 Å². The predicted molar refractivity (Wildman–Crippen MR) is 82.7 cm³/mol. The summed E-state index contributed by atoms with van der Waals surface area (Å²) in [5, 5.41) is 0. The molecular formula is C18H16O3. The molecule has 0 bridgehead atoms. The van der Waals surface area contributed by atoms with E-state index in [0.29, 0.717) is 0 Å². The molecule has 0 aliphatic heterocycles. The van der Waals surface area contributed by atoms with Crippen LogP contribution in [0.3, 0.4) is 0 Å². The van der Waals surface area contributed by atoms with Gasteiger partial charge in [0.15, 0.2) is 0 Å². The topological polar surface area (TPSA) is 31.6 Å². The van der Waals surface area contributed by atoms with Crippen molar-refractivity contribution in [2.24, 2.45) is 0 Å². The lowest BCUT2D eigenvalue weighted by molar-refractivity contribution is 0.414. The summed E-state index contributed by atoms with van der Waals surface area (Å²) in [6.07, 6.45) is 0. The van der Waals surface area contributed by atoms with Crippen molar-refractivity contribution in [3.8, 4) is 34.1 Å². The average molecular weight is 280 g/mol. The second kappa shape index (κ2) is 5.75. The van der Waals surface area contributed by atoms with Gasteiger partial charge in [-0.05, 0) is 48.5 Å². The highest BCUT2D eigenvalue weighted by Gasteiger charge is 2.07. The molecule has 0 N–H and O–H groups in total. The highest BCUT2D eigenvalue weighted by atomic mass is 16.5. The molecule has 0 aliphatic rings. The summed E-state index contributed by atoms with van der Waals surface area (Å²) in [6.45, 7) is 0. The van der Waals surface area contributed by atoms with Crippen molar-refractivity contribution in [3.05, 3.63) is 60.7 Å². The maximum absolute atomic E-state index is 5.93. The van der Waals surface area contributed by atoms with Gasteiger partial charge in [0.05, 0.1) is 14.2 Å².